The van der Waals surface area contributed by atoms with Gasteiger partial charge in [-0.05, 0) is 31.7 Å². The lowest BCUT2D eigenvalue weighted by Gasteiger charge is -2.27. The predicted molar refractivity (Wildman–Crippen MR) is 75.4 cm³/mol. The van der Waals surface area contributed by atoms with Gasteiger partial charge in [0.15, 0.2) is 0 Å². The van der Waals surface area contributed by atoms with Crippen molar-refractivity contribution in [3.05, 3.63) is 17.3 Å². The van der Waals surface area contributed by atoms with Crippen molar-refractivity contribution in [3.8, 4) is 0 Å². The highest BCUT2D eigenvalue weighted by atomic mass is 35.5. The van der Waals surface area contributed by atoms with E-state index in [4.69, 9.17) is 11.6 Å². The Morgan fingerprint density at radius 3 is 2.82 bits per heavy atom. The molecule has 0 atom stereocenters. The molecule has 0 N–H and O–H groups in total. The van der Waals surface area contributed by atoms with E-state index >= 15 is 0 Å². The summed E-state index contributed by atoms with van der Waals surface area (Å²) in [7, 11) is 0. The van der Waals surface area contributed by atoms with Crippen LogP contribution in [0.1, 0.15) is 19.4 Å². The van der Waals surface area contributed by atoms with Gasteiger partial charge in [0.25, 0.3) is 0 Å². The summed E-state index contributed by atoms with van der Waals surface area (Å²) in [6.45, 7) is 7.20. The van der Waals surface area contributed by atoms with Crippen molar-refractivity contribution in [2.24, 2.45) is 0 Å². The minimum Gasteiger partial charge on any atom is -0.352 e. The number of aryl methyl sites for hydroxylation is 1. The van der Waals surface area contributed by atoms with Crippen LogP contribution >= 0.6 is 22.9 Å². The maximum absolute atomic E-state index is 5.86. The molecule has 0 fully saturated rings. The Kier molecular flexibility index (Phi) is 3.84. The molecule has 3 nitrogen and oxygen atoms in total. The zero-order valence-corrected chi connectivity index (χ0v) is 11.8. The highest BCUT2D eigenvalue weighted by Gasteiger charge is 2.16. The summed E-state index contributed by atoms with van der Waals surface area (Å²) in [5.41, 5.74) is 2.27. The number of thiophene rings is 1. The number of fused-ring (bicyclic) bond motifs is 1. The van der Waals surface area contributed by atoms with Crippen molar-refractivity contribution < 1.29 is 0 Å². The number of anilines is 1. The van der Waals surface area contributed by atoms with Crippen LogP contribution in [0.2, 0.25) is 0 Å². The number of aromatic nitrogens is 2. The third kappa shape index (κ3) is 2.38. The third-order valence-electron chi connectivity index (χ3n) is 2.73. The zero-order chi connectivity index (χ0) is 12.4. The molecule has 0 spiro atoms. The van der Waals surface area contributed by atoms with Crippen LogP contribution in [0.15, 0.2) is 11.7 Å². The van der Waals surface area contributed by atoms with Crippen LogP contribution in [0, 0.1) is 6.92 Å². The molecule has 2 aromatic rings. The molecule has 0 aliphatic heterocycles. The summed E-state index contributed by atoms with van der Waals surface area (Å²) in [5, 5.41) is 2.13. The van der Waals surface area contributed by atoms with Gasteiger partial charge in [-0.15, -0.1) is 22.9 Å². The molecule has 0 aliphatic rings. The zero-order valence-electron chi connectivity index (χ0n) is 10.3. The van der Waals surface area contributed by atoms with Gasteiger partial charge in [-0.25, -0.2) is 9.97 Å². The number of hydrogen-bond donors (Lipinski definition) is 0. The minimum absolute atomic E-state index is 0.384. The monoisotopic (exact) mass is 269 g/mol. The van der Waals surface area contributed by atoms with E-state index in [0.717, 1.165) is 22.6 Å². The lowest BCUT2D eigenvalue weighted by Crippen LogP contribution is -2.33. The van der Waals surface area contributed by atoms with Crippen molar-refractivity contribution in [1.29, 1.82) is 0 Å². The van der Waals surface area contributed by atoms with Crippen LogP contribution < -0.4 is 4.90 Å². The van der Waals surface area contributed by atoms with Crippen molar-refractivity contribution in [2.45, 2.75) is 26.8 Å². The van der Waals surface area contributed by atoms with E-state index in [1.165, 1.54) is 5.56 Å². The second-order valence-electron chi connectivity index (χ2n) is 4.27. The molecule has 2 rings (SSSR count). The molecular weight excluding hydrogens is 254 g/mol. The van der Waals surface area contributed by atoms with Crippen molar-refractivity contribution >= 4 is 39.0 Å². The number of hydrogen-bond acceptors (Lipinski definition) is 4. The fraction of sp³-hybridized carbons (Fsp3) is 0.500. The maximum atomic E-state index is 5.86. The van der Waals surface area contributed by atoms with Gasteiger partial charge >= 0.3 is 0 Å². The first-order chi connectivity index (χ1) is 8.15. The van der Waals surface area contributed by atoms with E-state index in [1.54, 1.807) is 17.7 Å². The van der Waals surface area contributed by atoms with Gasteiger partial charge in [0.05, 0.1) is 10.2 Å². The summed E-state index contributed by atoms with van der Waals surface area (Å²) in [4.78, 5) is 11.0. The molecule has 0 amide bonds. The van der Waals surface area contributed by atoms with E-state index in [0.29, 0.717) is 11.9 Å². The Morgan fingerprint density at radius 1 is 1.41 bits per heavy atom. The molecule has 0 saturated carbocycles. The van der Waals surface area contributed by atoms with Gasteiger partial charge in [-0.3, -0.25) is 0 Å². The fourth-order valence-corrected chi connectivity index (χ4v) is 3.05. The molecule has 17 heavy (non-hydrogen) atoms. The van der Waals surface area contributed by atoms with Crippen LogP contribution in [-0.2, 0) is 0 Å². The average molecular weight is 270 g/mol. The summed E-state index contributed by atoms with van der Waals surface area (Å²) >= 11 is 7.57. The quantitative estimate of drug-likeness (QED) is 0.796. The number of rotatable bonds is 4. The number of halogens is 1. The van der Waals surface area contributed by atoms with Crippen LogP contribution in [0.3, 0.4) is 0 Å². The van der Waals surface area contributed by atoms with Gasteiger partial charge in [0, 0.05) is 18.5 Å². The Hall–Kier alpha value is -0.870. The standard InChI is InChI=1S/C12H16ClN3S/c1-8(2)16(5-4-13)12-11-10(14-7-15-12)9(3)6-17-11/h6-8H,4-5H2,1-3H3. The first kappa shape index (κ1) is 12.6. The van der Waals surface area contributed by atoms with Crippen molar-refractivity contribution in [2.75, 3.05) is 17.3 Å². The Bertz CT molecular complexity index is 509. The highest BCUT2D eigenvalue weighted by Crippen LogP contribution is 2.31. The molecule has 0 bridgehead atoms. The van der Waals surface area contributed by atoms with Crippen molar-refractivity contribution in [3.63, 3.8) is 0 Å². The lowest BCUT2D eigenvalue weighted by atomic mass is 10.2. The number of alkyl halides is 1. The van der Waals surface area contributed by atoms with Crippen molar-refractivity contribution in [1.82, 2.24) is 9.97 Å². The summed E-state index contributed by atoms with van der Waals surface area (Å²) < 4.78 is 1.16. The largest absolute Gasteiger partial charge is 0.352 e. The van der Waals surface area contributed by atoms with E-state index in [-0.39, 0.29) is 0 Å². The van der Waals surface area contributed by atoms with E-state index < -0.39 is 0 Å². The minimum atomic E-state index is 0.384. The molecule has 0 aromatic carbocycles. The predicted octanol–water partition coefficient (Wildman–Crippen LogP) is 3.45. The molecule has 2 aromatic heterocycles. The van der Waals surface area contributed by atoms with Gasteiger partial charge in [-0.2, -0.15) is 0 Å². The smallest absolute Gasteiger partial charge is 0.150 e. The van der Waals surface area contributed by atoms with Crippen LogP contribution in [0.5, 0.6) is 0 Å². The average Bonchev–Trinajstić information content (AvgIpc) is 2.68. The lowest BCUT2D eigenvalue weighted by molar-refractivity contribution is 0.698. The normalized spacial score (nSPS) is 11.4. The Balaban J connectivity index is 2.52. The second kappa shape index (κ2) is 5.19. The molecule has 92 valence electrons. The second-order valence-corrected chi connectivity index (χ2v) is 5.53. The van der Waals surface area contributed by atoms with E-state index in [2.05, 4.69) is 41.0 Å². The number of nitrogens with zero attached hydrogens (tertiary/aromatic N) is 3. The summed E-state index contributed by atoms with van der Waals surface area (Å²) in [6.07, 6.45) is 1.64. The van der Waals surface area contributed by atoms with Gasteiger partial charge < -0.3 is 4.90 Å². The molecule has 0 radical (unpaired) electrons. The highest BCUT2D eigenvalue weighted by molar-refractivity contribution is 7.18. The molecule has 2 heterocycles. The van der Waals surface area contributed by atoms with Crippen LogP contribution in [0.4, 0.5) is 5.82 Å². The Labute approximate surface area is 110 Å². The van der Waals surface area contributed by atoms with E-state index in [9.17, 15) is 0 Å². The molecular formula is C12H16ClN3S. The van der Waals surface area contributed by atoms with Crippen LogP contribution in [0.25, 0.3) is 10.2 Å². The van der Waals surface area contributed by atoms with E-state index in [1.807, 2.05) is 0 Å². The first-order valence-electron chi connectivity index (χ1n) is 5.66. The first-order valence-corrected chi connectivity index (χ1v) is 7.08. The maximum Gasteiger partial charge on any atom is 0.150 e. The topological polar surface area (TPSA) is 29.0 Å². The van der Waals surface area contributed by atoms with Gasteiger partial charge in [0.2, 0.25) is 0 Å². The molecule has 0 unspecified atom stereocenters. The molecule has 0 aliphatic carbocycles. The SMILES string of the molecule is Cc1csc2c(N(CCCl)C(C)C)ncnc12. The Morgan fingerprint density at radius 2 is 2.18 bits per heavy atom. The summed E-state index contributed by atoms with van der Waals surface area (Å²) in [6, 6.07) is 0.384. The summed E-state index contributed by atoms with van der Waals surface area (Å²) in [5.74, 6) is 1.61. The third-order valence-corrected chi connectivity index (χ3v) is 3.98. The molecule has 0 saturated heterocycles. The van der Waals surface area contributed by atoms with Crippen LogP contribution in [-0.4, -0.2) is 28.4 Å². The fourth-order valence-electron chi connectivity index (χ4n) is 1.86. The van der Waals surface area contributed by atoms with Gasteiger partial charge in [0.1, 0.15) is 12.1 Å². The molecule has 5 heteroatoms. The van der Waals surface area contributed by atoms with Gasteiger partial charge in [-0.1, -0.05) is 0 Å².